The van der Waals surface area contributed by atoms with E-state index in [4.69, 9.17) is 0 Å². The summed E-state index contributed by atoms with van der Waals surface area (Å²) in [6.07, 6.45) is 3.70. The Kier molecular flexibility index (Phi) is 3.72. The first-order valence-electron chi connectivity index (χ1n) is 6.68. The molecule has 1 aliphatic rings. The van der Waals surface area contributed by atoms with E-state index in [0.29, 0.717) is 0 Å². The Hall–Kier alpha value is -1.02. The predicted octanol–water partition coefficient (Wildman–Crippen LogP) is 2.83. The second-order valence-corrected chi connectivity index (χ2v) is 5.47. The SMILES string of the molecule is CCc1ccc(N(C)CC2(C)CCCN2)cc1. The van der Waals surface area contributed by atoms with Gasteiger partial charge in [0.05, 0.1) is 0 Å². The van der Waals surface area contributed by atoms with Crippen LogP contribution >= 0.6 is 0 Å². The monoisotopic (exact) mass is 232 g/mol. The first-order valence-corrected chi connectivity index (χ1v) is 6.68. The van der Waals surface area contributed by atoms with Crippen molar-refractivity contribution in [2.75, 3.05) is 25.0 Å². The molecule has 2 heteroatoms. The van der Waals surface area contributed by atoms with Gasteiger partial charge in [-0.15, -0.1) is 0 Å². The molecular weight excluding hydrogens is 208 g/mol. The van der Waals surface area contributed by atoms with Gasteiger partial charge in [0, 0.05) is 24.8 Å². The molecule has 0 bridgehead atoms. The summed E-state index contributed by atoms with van der Waals surface area (Å²) in [5.41, 5.74) is 3.02. The number of anilines is 1. The van der Waals surface area contributed by atoms with Crippen molar-refractivity contribution in [1.82, 2.24) is 5.32 Å². The van der Waals surface area contributed by atoms with Crippen LogP contribution in [0.15, 0.2) is 24.3 Å². The van der Waals surface area contributed by atoms with Crippen molar-refractivity contribution in [3.05, 3.63) is 29.8 Å². The maximum absolute atomic E-state index is 3.61. The number of aryl methyl sites for hydroxylation is 1. The second-order valence-electron chi connectivity index (χ2n) is 5.47. The summed E-state index contributed by atoms with van der Waals surface area (Å²) in [5.74, 6) is 0. The number of rotatable bonds is 4. The molecule has 1 unspecified atom stereocenters. The van der Waals surface area contributed by atoms with Crippen LogP contribution in [0.4, 0.5) is 5.69 Å². The molecule has 2 nitrogen and oxygen atoms in total. The van der Waals surface area contributed by atoms with Crippen molar-refractivity contribution in [2.24, 2.45) is 0 Å². The van der Waals surface area contributed by atoms with Gasteiger partial charge >= 0.3 is 0 Å². The van der Waals surface area contributed by atoms with Gasteiger partial charge in [-0.3, -0.25) is 0 Å². The zero-order valence-electron chi connectivity index (χ0n) is 11.3. The summed E-state index contributed by atoms with van der Waals surface area (Å²) in [7, 11) is 2.19. The van der Waals surface area contributed by atoms with E-state index in [-0.39, 0.29) is 5.54 Å². The highest BCUT2D eigenvalue weighted by Crippen LogP contribution is 2.22. The van der Waals surface area contributed by atoms with Gasteiger partial charge in [-0.05, 0) is 50.4 Å². The van der Waals surface area contributed by atoms with Crippen LogP contribution in [-0.2, 0) is 6.42 Å². The molecule has 1 aliphatic heterocycles. The van der Waals surface area contributed by atoms with Gasteiger partial charge in [-0.25, -0.2) is 0 Å². The lowest BCUT2D eigenvalue weighted by Crippen LogP contribution is -2.46. The van der Waals surface area contributed by atoms with E-state index in [2.05, 4.69) is 55.4 Å². The second kappa shape index (κ2) is 5.09. The molecule has 2 rings (SSSR count). The minimum Gasteiger partial charge on any atom is -0.373 e. The van der Waals surface area contributed by atoms with Crippen LogP contribution in [0.5, 0.6) is 0 Å². The molecule has 1 fully saturated rings. The first-order chi connectivity index (χ1) is 8.13. The molecule has 0 spiro atoms. The summed E-state index contributed by atoms with van der Waals surface area (Å²) in [6, 6.07) is 8.93. The van der Waals surface area contributed by atoms with E-state index >= 15 is 0 Å². The van der Waals surface area contributed by atoms with E-state index in [9.17, 15) is 0 Å². The fourth-order valence-electron chi connectivity index (χ4n) is 2.69. The number of nitrogens with zero attached hydrogens (tertiary/aromatic N) is 1. The average molecular weight is 232 g/mol. The van der Waals surface area contributed by atoms with Crippen LogP contribution in [0.25, 0.3) is 0 Å². The molecule has 0 saturated carbocycles. The molecule has 1 N–H and O–H groups in total. The standard InChI is InChI=1S/C15H24N2/c1-4-13-6-8-14(9-7-13)17(3)12-15(2)10-5-11-16-15/h6-9,16H,4-5,10-12H2,1-3H3. The molecule has 0 aliphatic carbocycles. The minimum atomic E-state index is 0.290. The lowest BCUT2D eigenvalue weighted by Gasteiger charge is -2.31. The third-order valence-electron chi connectivity index (χ3n) is 3.83. The molecule has 1 saturated heterocycles. The maximum atomic E-state index is 3.61. The number of benzene rings is 1. The lowest BCUT2D eigenvalue weighted by molar-refractivity contribution is 0.419. The van der Waals surface area contributed by atoms with Crippen LogP contribution in [0.3, 0.4) is 0 Å². The molecule has 1 aromatic rings. The van der Waals surface area contributed by atoms with E-state index in [1.165, 1.54) is 30.6 Å². The Morgan fingerprint density at radius 2 is 2.00 bits per heavy atom. The predicted molar refractivity (Wildman–Crippen MR) is 74.7 cm³/mol. The normalized spacial score (nSPS) is 23.9. The van der Waals surface area contributed by atoms with Gasteiger partial charge < -0.3 is 10.2 Å². The van der Waals surface area contributed by atoms with Crippen molar-refractivity contribution in [3.63, 3.8) is 0 Å². The maximum Gasteiger partial charge on any atom is 0.0364 e. The van der Waals surface area contributed by atoms with Gasteiger partial charge in [0.15, 0.2) is 0 Å². The number of likely N-dealkylation sites (N-methyl/N-ethyl adjacent to an activating group) is 1. The van der Waals surface area contributed by atoms with Crippen molar-refractivity contribution >= 4 is 5.69 Å². The Balaban J connectivity index is 2.01. The Morgan fingerprint density at radius 1 is 1.29 bits per heavy atom. The largest absolute Gasteiger partial charge is 0.373 e. The topological polar surface area (TPSA) is 15.3 Å². The number of nitrogens with one attached hydrogen (secondary N) is 1. The van der Waals surface area contributed by atoms with Gasteiger partial charge in [0.1, 0.15) is 0 Å². The van der Waals surface area contributed by atoms with Gasteiger partial charge in [0.2, 0.25) is 0 Å². The fourth-order valence-corrected chi connectivity index (χ4v) is 2.69. The highest BCUT2D eigenvalue weighted by atomic mass is 15.2. The first kappa shape index (κ1) is 12.4. The molecule has 1 aromatic carbocycles. The summed E-state index contributed by atoms with van der Waals surface area (Å²) >= 11 is 0. The van der Waals surface area contributed by atoms with Crippen LogP contribution in [0, 0.1) is 0 Å². The highest BCUT2D eigenvalue weighted by Gasteiger charge is 2.29. The van der Waals surface area contributed by atoms with Crippen molar-refractivity contribution in [1.29, 1.82) is 0 Å². The van der Waals surface area contributed by atoms with Crippen molar-refractivity contribution < 1.29 is 0 Å². The Morgan fingerprint density at radius 3 is 2.53 bits per heavy atom. The van der Waals surface area contributed by atoms with E-state index in [1.54, 1.807) is 0 Å². The molecule has 17 heavy (non-hydrogen) atoms. The van der Waals surface area contributed by atoms with Crippen LogP contribution in [-0.4, -0.2) is 25.7 Å². The molecular formula is C15H24N2. The number of hydrogen-bond acceptors (Lipinski definition) is 2. The molecule has 0 amide bonds. The molecule has 0 aromatic heterocycles. The minimum absolute atomic E-state index is 0.290. The van der Waals surface area contributed by atoms with Gasteiger partial charge in [-0.2, -0.15) is 0 Å². The van der Waals surface area contributed by atoms with Crippen molar-refractivity contribution in [3.8, 4) is 0 Å². The van der Waals surface area contributed by atoms with Crippen molar-refractivity contribution in [2.45, 2.75) is 38.6 Å². The van der Waals surface area contributed by atoms with Gasteiger partial charge in [0.25, 0.3) is 0 Å². The molecule has 94 valence electrons. The Bertz CT molecular complexity index is 350. The highest BCUT2D eigenvalue weighted by molar-refractivity contribution is 5.47. The quantitative estimate of drug-likeness (QED) is 0.858. The summed E-state index contributed by atoms with van der Waals surface area (Å²) < 4.78 is 0. The number of hydrogen-bond donors (Lipinski definition) is 1. The van der Waals surface area contributed by atoms with Gasteiger partial charge in [-0.1, -0.05) is 19.1 Å². The molecule has 1 heterocycles. The van der Waals surface area contributed by atoms with E-state index < -0.39 is 0 Å². The molecule has 0 radical (unpaired) electrons. The van der Waals surface area contributed by atoms with E-state index in [0.717, 1.165) is 13.0 Å². The third-order valence-corrected chi connectivity index (χ3v) is 3.83. The Labute approximate surface area is 105 Å². The summed E-state index contributed by atoms with van der Waals surface area (Å²) in [4.78, 5) is 2.36. The average Bonchev–Trinajstić information content (AvgIpc) is 2.76. The summed E-state index contributed by atoms with van der Waals surface area (Å²) in [6.45, 7) is 6.77. The zero-order chi connectivity index (χ0) is 12.3. The third kappa shape index (κ3) is 3.01. The van der Waals surface area contributed by atoms with Crippen LogP contribution in [0.1, 0.15) is 32.3 Å². The smallest absolute Gasteiger partial charge is 0.0364 e. The van der Waals surface area contributed by atoms with E-state index in [1.807, 2.05) is 0 Å². The lowest BCUT2D eigenvalue weighted by atomic mass is 9.99. The summed E-state index contributed by atoms with van der Waals surface area (Å²) in [5, 5.41) is 3.61. The van der Waals surface area contributed by atoms with Crippen LogP contribution in [0.2, 0.25) is 0 Å². The zero-order valence-corrected chi connectivity index (χ0v) is 11.3. The van der Waals surface area contributed by atoms with Crippen LogP contribution < -0.4 is 10.2 Å². The molecule has 1 atom stereocenters. The fraction of sp³-hybridized carbons (Fsp3) is 0.600.